The molecule has 1 N–H and O–H groups in total. The monoisotopic (exact) mass is 512 g/mol. The number of rotatable bonds is 6. The van der Waals surface area contributed by atoms with Crippen LogP contribution in [0.15, 0.2) is 60.8 Å². The molecule has 2 aromatic carbocycles. The van der Waals surface area contributed by atoms with Gasteiger partial charge in [0.1, 0.15) is 5.82 Å². The zero-order valence-electron chi connectivity index (χ0n) is 20.7. The van der Waals surface area contributed by atoms with Crippen LogP contribution in [-0.4, -0.2) is 29.1 Å². The second-order valence-electron chi connectivity index (χ2n) is 10.3. The molecule has 1 saturated heterocycles. The lowest BCUT2D eigenvalue weighted by Gasteiger charge is -2.39. The molecule has 3 aromatic rings. The average Bonchev–Trinajstić information content (AvgIpc) is 2.90. The van der Waals surface area contributed by atoms with Crippen LogP contribution in [0, 0.1) is 17.7 Å². The van der Waals surface area contributed by atoms with Gasteiger partial charge in [-0.05, 0) is 68.2 Å². The number of hydrogen-bond donors (Lipinski definition) is 1. The summed E-state index contributed by atoms with van der Waals surface area (Å²) in [5.74, 6) is 0.306. The van der Waals surface area contributed by atoms with Crippen molar-refractivity contribution >= 4 is 11.6 Å². The molecule has 196 valence electrons. The first kappa shape index (κ1) is 25.5. The molecule has 1 aliphatic heterocycles. The van der Waals surface area contributed by atoms with Crippen molar-refractivity contribution in [3.05, 3.63) is 72.2 Å². The maximum Gasteiger partial charge on any atom is 0.419 e. The maximum absolute atomic E-state index is 14.2. The van der Waals surface area contributed by atoms with Gasteiger partial charge < -0.3 is 10.2 Å². The molecule has 5 rings (SSSR count). The summed E-state index contributed by atoms with van der Waals surface area (Å²) in [6, 6.07) is 15.5. The number of anilines is 2. The van der Waals surface area contributed by atoms with E-state index in [0.717, 1.165) is 75.0 Å². The van der Waals surface area contributed by atoms with Gasteiger partial charge >= 0.3 is 6.18 Å². The first-order valence-corrected chi connectivity index (χ1v) is 13.1. The number of halogens is 4. The first-order chi connectivity index (χ1) is 17.9. The topological polar surface area (TPSA) is 41.0 Å². The lowest BCUT2D eigenvalue weighted by atomic mass is 9.77. The number of nitrogens with one attached hydrogen (secondary N) is 1. The highest BCUT2D eigenvalue weighted by Gasteiger charge is 2.35. The van der Waals surface area contributed by atoms with Gasteiger partial charge in [0.15, 0.2) is 0 Å². The minimum atomic E-state index is -4.68. The molecule has 0 amide bonds. The lowest BCUT2D eigenvalue weighted by Crippen LogP contribution is -2.39. The molecule has 37 heavy (non-hydrogen) atoms. The number of benzene rings is 2. The van der Waals surface area contributed by atoms with Crippen LogP contribution in [0.1, 0.15) is 50.5 Å². The second kappa shape index (κ2) is 11.1. The van der Waals surface area contributed by atoms with Crippen molar-refractivity contribution in [2.24, 2.45) is 11.8 Å². The summed E-state index contributed by atoms with van der Waals surface area (Å²) in [6.07, 6.45) is 4.69. The zero-order chi connectivity index (χ0) is 25.8. The molecule has 4 nitrogen and oxygen atoms in total. The van der Waals surface area contributed by atoms with E-state index < -0.39 is 17.6 Å². The normalized spacial score (nSPS) is 22.6. The van der Waals surface area contributed by atoms with Gasteiger partial charge in [0.05, 0.1) is 11.3 Å². The maximum atomic E-state index is 14.2. The van der Waals surface area contributed by atoms with Crippen LogP contribution >= 0.6 is 0 Å². The van der Waals surface area contributed by atoms with E-state index >= 15 is 0 Å². The largest absolute Gasteiger partial charge is 0.419 e. The Bertz CT molecular complexity index is 1180. The number of piperidine rings is 1. The third kappa shape index (κ3) is 6.22. The van der Waals surface area contributed by atoms with Crippen LogP contribution in [0.4, 0.5) is 29.2 Å². The second-order valence-corrected chi connectivity index (χ2v) is 10.3. The van der Waals surface area contributed by atoms with Crippen molar-refractivity contribution < 1.29 is 17.6 Å². The Morgan fingerprint density at radius 1 is 0.946 bits per heavy atom. The Labute approximate surface area is 215 Å². The number of alkyl halides is 3. The number of nitrogens with zero attached hydrogens (tertiary/aromatic N) is 3. The van der Waals surface area contributed by atoms with E-state index in [1.807, 2.05) is 41.3 Å². The van der Waals surface area contributed by atoms with E-state index in [1.165, 1.54) is 12.5 Å². The number of aromatic nitrogens is 2. The Balaban J connectivity index is 1.24. The van der Waals surface area contributed by atoms with Gasteiger partial charge in [0.25, 0.3) is 0 Å². The van der Waals surface area contributed by atoms with Gasteiger partial charge in [0.2, 0.25) is 5.95 Å². The first-order valence-electron chi connectivity index (χ1n) is 13.1. The summed E-state index contributed by atoms with van der Waals surface area (Å²) in [6.45, 7) is 1.46. The molecule has 1 saturated carbocycles. The smallest absolute Gasteiger partial charge is 0.371 e. The Morgan fingerprint density at radius 3 is 2.54 bits per heavy atom. The van der Waals surface area contributed by atoms with Gasteiger partial charge in [0, 0.05) is 36.6 Å². The summed E-state index contributed by atoms with van der Waals surface area (Å²) >= 11 is 0. The van der Waals surface area contributed by atoms with Crippen LogP contribution in [0.5, 0.6) is 0 Å². The van der Waals surface area contributed by atoms with Crippen LogP contribution in [0.3, 0.4) is 0 Å². The Morgan fingerprint density at radius 2 is 1.76 bits per heavy atom. The SMILES string of the molecule is Fc1cc(N2CCC[C@H](C[C@@H]3CCCC[C@H]3Nc3nccc(-c4ccccc4)n3)C2)ccc1C(F)(F)F. The molecular weight excluding hydrogens is 480 g/mol. The van der Waals surface area contributed by atoms with E-state index in [2.05, 4.69) is 10.3 Å². The molecule has 2 aliphatic rings. The summed E-state index contributed by atoms with van der Waals surface area (Å²) in [5, 5.41) is 3.61. The fourth-order valence-electron chi connectivity index (χ4n) is 5.89. The van der Waals surface area contributed by atoms with E-state index in [1.54, 1.807) is 6.20 Å². The van der Waals surface area contributed by atoms with Crippen molar-refractivity contribution in [1.29, 1.82) is 0 Å². The van der Waals surface area contributed by atoms with E-state index in [-0.39, 0.29) is 6.04 Å². The molecule has 1 aromatic heterocycles. The Hall–Kier alpha value is -3.16. The molecule has 8 heteroatoms. The van der Waals surface area contributed by atoms with E-state index in [9.17, 15) is 17.6 Å². The zero-order valence-corrected chi connectivity index (χ0v) is 20.7. The molecule has 2 heterocycles. The van der Waals surface area contributed by atoms with Gasteiger partial charge in [-0.15, -0.1) is 0 Å². The summed E-state index contributed by atoms with van der Waals surface area (Å²) in [5.41, 5.74) is 1.26. The number of hydrogen-bond acceptors (Lipinski definition) is 4. The van der Waals surface area contributed by atoms with Crippen molar-refractivity contribution in [2.45, 2.75) is 57.2 Å². The molecule has 1 aliphatic carbocycles. The van der Waals surface area contributed by atoms with Crippen molar-refractivity contribution in [3.63, 3.8) is 0 Å². The molecular formula is C29H32F4N4. The summed E-state index contributed by atoms with van der Waals surface area (Å²) in [7, 11) is 0. The molecule has 0 bridgehead atoms. The molecule has 0 spiro atoms. The van der Waals surface area contributed by atoms with Gasteiger partial charge in [-0.2, -0.15) is 13.2 Å². The van der Waals surface area contributed by atoms with Gasteiger partial charge in [-0.25, -0.2) is 14.4 Å². The highest BCUT2D eigenvalue weighted by Crippen LogP contribution is 2.37. The molecule has 3 atom stereocenters. The van der Waals surface area contributed by atoms with Crippen LogP contribution in [0.25, 0.3) is 11.3 Å². The van der Waals surface area contributed by atoms with Gasteiger partial charge in [-0.1, -0.05) is 43.2 Å². The Kier molecular flexibility index (Phi) is 7.63. The predicted octanol–water partition coefficient (Wildman–Crippen LogP) is 7.58. The molecule has 0 unspecified atom stereocenters. The van der Waals surface area contributed by atoms with E-state index in [4.69, 9.17) is 4.98 Å². The lowest BCUT2D eigenvalue weighted by molar-refractivity contribution is -0.139. The van der Waals surface area contributed by atoms with Crippen LogP contribution < -0.4 is 10.2 Å². The fourth-order valence-corrected chi connectivity index (χ4v) is 5.89. The molecule has 0 radical (unpaired) electrons. The minimum Gasteiger partial charge on any atom is -0.371 e. The standard InChI is InChI=1S/C29H32F4N4/c30-25-18-23(12-13-24(25)29(31,32)33)37-16-6-7-20(19-37)17-22-10-4-5-11-26(22)35-28-34-15-14-27(36-28)21-8-2-1-3-9-21/h1-3,8-9,12-15,18,20,22,26H,4-7,10-11,16-17,19H2,(H,34,35,36)/t20-,22+,26-/m1/s1. The molecule has 2 fully saturated rings. The summed E-state index contributed by atoms with van der Waals surface area (Å²) < 4.78 is 53.1. The summed E-state index contributed by atoms with van der Waals surface area (Å²) in [4.78, 5) is 11.3. The predicted molar refractivity (Wildman–Crippen MR) is 138 cm³/mol. The minimum absolute atomic E-state index is 0.277. The van der Waals surface area contributed by atoms with Crippen molar-refractivity contribution in [3.8, 4) is 11.3 Å². The van der Waals surface area contributed by atoms with Crippen molar-refractivity contribution in [2.75, 3.05) is 23.3 Å². The quantitative estimate of drug-likeness (QED) is 0.346. The highest BCUT2D eigenvalue weighted by atomic mass is 19.4. The van der Waals surface area contributed by atoms with E-state index in [0.29, 0.717) is 23.5 Å². The van der Waals surface area contributed by atoms with Gasteiger partial charge in [-0.3, -0.25) is 0 Å². The highest BCUT2D eigenvalue weighted by molar-refractivity contribution is 5.59. The third-order valence-corrected chi connectivity index (χ3v) is 7.73. The fraction of sp³-hybridized carbons (Fsp3) is 0.448. The van der Waals surface area contributed by atoms with Crippen molar-refractivity contribution in [1.82, 2.24) is 9.97 Å². The average molecular weight is 513 g/mol. The van der Waals surface area contributed by atoms with Crippen LogP contribution in [-0.2, 0) is 6.18 Å². The third-order valence-electron chi connectivity index (χ3n) is 7.73. The van der Waals surface area contributed by atoms with Crippen LogP contribution in [0.2, 0.25) is 0 Å².